The molecule has 1 aromatic heterocycles. The summed E-state index contributed by atoms with van der Waals surface area (Å²) in [6, 6.07) is 10.4. The Labute approximate surface area is 361 Å². The van der Waals surface area contributed by atoms with Crippen LogP contribution in [0.25, 0.3) is 21.5 Å². The molecule has 64 heavy (non-hydrogen) atoms. The number of azo groups is 3. The van der Waals surface area contributed by atoms with Crippen molar-refractivity contribution in [2.45, 2.75) is 35.1 Å². The molecule has 6 aromatic rings. The third-order valence-corrected chi connectivity index (χ3v) is 11.4. The summed E-state index contributed by atoms with van der Waals surface area (Å²) in [7, 11) is -9.99. The fraction of sp³-hybridized carbons (Fsp3) is 0.0833. The van der Waals surface area contributed by atoms with E-state index < -0.39 is 98.8 Å². The molecule has 28 heteroatoms. The van der Waals surface area contributed by atoms with Crippen molar-refractivity contribution in [3.05, 3.63) is 87.7 Å². The van der Waals surface area contributed by atoms with Crippen molar-refractivity contribution in [2.24, 2.45) is 36.4 Å². The molecule has 0 unspecified atom stereocenters. The molecule has 0 atom stereocenters. The second-order valence-electron chi connectivity index (χ2n) is 13.0. The maximum Gasteiger partial charge on any atom is 0.338 e. The van der Waals surface area contributed by atoms with Gasteiger partial charge in [0.2, 0.25) is 5.88 Å². The van der Waals surface area contributed by atoms with Gasteiger partial charge < -0.3 is 31.3 Å². The zero-order chi connectivity index (χ0) is 47.0. The third-order valence-electron chi connectivity index (χ3n) is 9.09. The van der Waals surface area contributed by atoms with Gasteiger partial charge in [-0.1, -0.05) is 5.04 Å². The highest BCUT2D eigenvalue weighted by molar-refractivity contribution is 7.94. The third kappa shape index (κ3) is 9.04. The molecule has 0 radical (unpaired) electrons. The van der Waals surface area contributed by atoms with Crippen LogP contribution in [0.4, 0.5) is 34.1 Å². The minimum absolute atomic E-state index is 0.000375. The molecule has 10 N–H and O–H groups in total. The number of aromatic hydroxyl groups is 4. The molecule has 332 valence electrons. The van der Waals surface area contributed by atoms with Crippen LogP contribution < -0.4 is 11.3 Å². The summed E-state index contributed by atoms with van der Waals surface area (Å²) in [5.41, 5.74) is 1.21. The van der Waals surface area contributed by atoms with Gasteiger partial charge in [0, 0.05) is 23.6 Å². The van der Waals surface area contributed by atoms with Crippen LogP contribution in [-0.2, 0) is 36.2 Å². The summed E-state index contributed by atoms with van der Waals surface area (Å²) >= 11 is 0.214. The number of carboxylic acids is 1. The van der Waals surface area contributed by atoms with Crippen molar-refractivity contribution in [2.75, 3.05) is 0 Å². The smallest absolute Gasteiger partial charge is 0.338 e. The molecule has 0 bridgehead atoms. The standard InChI is InChI=1S/C36H28N8O17S3/c1-3-44-34(49)26(33(37)48)14(2)28(35(44)50)41-38-17-4-6-20-15(8-17)11-25(64(57,58)59)30(31(20)46)43-39-18-5-7-22(21(12-18)36(51)52)40-42-29-24(62-61-60-53)10-16-9-19(63(54,55)56)13-23(45)27(16)32(29)47/h4-13,45-47,50,53H,3H2,1-2H3,(H2,37,48)(H,51,52)(H,54,55,56)(H,57,58,59). The Morgan fingerprint density at radius 2 is 1.42 bits per heavy atom. The van der Waals surface area contributed by atoms with E-state index in [1.54, 1.807) is 0 Å². The average molecular weight is 941 g/mol. The van der Waals surface area contributed by atoms with Gasteiger partial charge in [0.25, 0.3) is 31.7 Å². The first-order valence-electron chi connectivity index (χ1n) is 17.4. The number of carbonyl (C=O) groups is 2. The van der Waals surface area contributed by atoms with Gasteiger partial charge in [-0.25, -0.2) is 10.1 Å². The van der Waals surface area contributed by atoms with E-state index in [0.29, 0.717) is 6.07 Å². The Morgan fingerprint density at radius 1 is 0.781 bits per heavy atom. The Bertz CT molecular complexity index is 3360. The normalized spacial score (nSPS) is 12.4. The number of phenolic OH excluding ortho intramolecular Hbond substituents is 3. The largest absolute Gasteiger partial charge is 0.507 e. The fourth-order valence-electron chi connectivity index (χ4n) is 6.17. The number of aromatic nitrogens is 1. The lowest BCUT2D eigenvalue weighted by atomic mass is 10.1. The summed E-state index contributed by atoms with van der Waals surface area (Å²) in [6.45, 7) is 2.79. The molecule has 0 fully saturated rings. The zero-order valence-corrected chi connectivity index (χ0v) is 34.6. The van der Waals surface area contributed by atoms with Crippen molar-refractivity contribution in [1.82, 2.24) is 4.57 Å². The molecular weight excluding hydrogens is 913 g/mol. The number of carboxylic acid groups (broad SMARTS) is 1. The molecule has 0 saturated carbocycles. The molecule has 0 spiro atoms. The van der Waals surface area contributed by atoms with E-state index >= 15 is 0 Å². The predicted octanol–water partition coefficient (Wildman–Crippen LogP) is 7.27. The second kappa shape index (κ2) is 17.7. The van der Waals surface area contributed by atoms with Crippen molar-refractivity contribution < 1.29 is 75.7 Å². The number of nitrogens with zero attached hydrogens (tertiary/aromatic N) is 7. The summed E-state index contributed by atoms with van der Waals surface area (Å²) in [4.78, 5) is 35.0. The average Bonchev–Trinajstić information content (AvgIpc) is 3.21. The van der Waals surface area contributed by atoms with Crippen LogP contribution in [0, 0.1) is 6.92 Å². The van der Waals surface area contributed by atoms with Crippen molar-refractivity contribution in [1.29, 1.82) is 0 Å². The number of phenols is 3. The van der Waals surface area contributed by atoms with E-state index in [4.69, 9.17) is 11.0 Å². The highest BCUT2D eigenvalue weighted by Gasteiger charge is 2.25. The zero-order valence-electron chi connectivity index (χ0n) is 32.2. The maximum absolute atomic E-state index is 12.6. The van der Waals surface area contributed by atoms with Crippen molar-refractivity contribution >= 4 is 99.8 Å². The van der Waals surface area contributed by atoms with Crippen LogP contribution in [0.3, 0.4) is 0 Å². The fourth-order valence-corrected chi connectivity index (χ4v) is 7.86. The number of amides is 1. The van der Waals surface area contributed by atoms with Gasteiger partial charge in [-0.3, -0.25) is 23.3 Å². The summed E-state index contributed by atoms with van der Waals surface area (Å²) < 4.78 is 73.3. The van der Waals surface area contributed by atoms with Crippen LogP contribution in [0.2, 0.25) is 0 Å². The monoisotopic (exact) mass is 940 g/mol. The van der Waals surface area contributed by atoms with Crippen molar-refractivity contribution in [3.63, 3.8) is 0 Å². The molecule has 6 rings (SSSR count). The Kier molecular flexibility index (Phi) is 12.8. The van der Waals surface area contributed by atoms with Crippen molar-refractivity contribution in [3.8, 4) is 23.1 Å². The van der Waals surface area contributed by atoms with Gasteiger partial charge in [0.1, 0.15) is 39.0 Å². The molecule has 25 nitrogen and oxygen atoms in total. The second-order valence-corrected chi connectivity index (χ2v) is 16.5. The van der Waals surface area contributed by atoms with Gasteiger partial charge >= 0.3 is 5.97 Å². The molecule has 0 aliphatic heterocycles. The SMILES string of the molecule is CCn1c(O)c(N=Nc2ccc3c(O)c(N=Nc4ccc(N=Nc5c(SOOO)cc6cc(S(=O)(=O)O)cc(O)c6c5O)c(C(=O)O)c4)c(S(=O)(=O)O)cc3c2)c(C)c(C(N)=O)c1=O. The number of aromatic carboxylic acids is 1. The maximum atomic E-state index is 12.6. The lowest BCUT2D eigenvalue weighted by molar-refractivity contribution is -0.432. The quantitative estimate of drug-likeness (QED) is 0.0170. The number of benzene rings is 5. The molecule has 0 aliphatic carbocycles. The van der Waals surface area contributed by atoms with Gasteiger partial charge in [-0.2, -0.15) is 27.1 Å². The van der Waals surface area contributed by atoms with Gasteiger partial charge in [-0.05, 0) is 79.2 Å². The molecule has 0 saturated heterocycles. The number of fused-ring (bicyclic) bond motifs is 2. The van der Waals surface area contributed by atoms with E-state index in [2.05, 4.69) is 40.1 Å². The van der Waals surface area contributed by atoms with Crippen LogP contribution in [0.5, 0.6) is 23.1 Å². The van der Waals surface area contributed by atoms with Crippen LogP contribution in [-0.4, -0.2) is 73.2 Å². The van der Waals surface area contributed by atoms with Crippen LogP contribution in [0.15, 0.2) is 111 Å². The Hall–Kier alpha value is -7.44. The minimum atomic E-state index is -5.16. The number of carbonyl (C=O) groups excluding carboxylic acids is 1. The number of pyridine rings is 1. The number of hydrogen-bond donors (Lipinski definition) is 9. The molecule has 1 amide bonds. The molecule has 0 aliphatic rings. The van der Waals surface area contributed by atoms with E-state index in [-0.39, 0.29) is 67.7 Å². The highest BCUT2D eigenvalue weighted by atomic mass is 32.2. The topological polar surface area (TPSA) is 405 Å². The van der Waals surface area contributed by atoms with E-state index in [0.717, 1.165) is 41.0 Å². The number of hydrogen-bond acceptors (Lipinski definition) is 21. The first kappa shape index (κ1) is 46.1. The summed E-state index contributed by atoms with van der Waals surface area (Å²) in [6.07, 6.45) is 0. The molecular formula is C36H28N8O17S3. The van der Waals surface area contributed by atoms with E-state index in [1.165, 1.54) is 32.0 Å². The first-order valence-corrected chi connectivity index (χ1v) is 21.0. The van der Waals surface area contributed by atoms with E-state index in [9.17, 15) is 65.9 Å². The predicted molar refractivity (Wildman–Crippen MR) is 220 cm³/mol. The highest BCUT2D eigenvalue weighted by Crippen LogP contribution is 2.48. The minimum Gasteiger partial charge on any atom is -0.507 e. The van der Waals surface area contributed by atoms with Gasteiger partial charge in [-0.15, -0.1) is 24.8 Å². The number of primary amides is 1. The number of nitrogens with two attached hydrogens (primary N) is 1. The lowest BCUT2D eigenvalue weighted by Gasteiger charge is -2.12. The lowest BCUT2D eigenvalue weighted by Crippen LogP contribution is -2.30. The van der Waals surface area contributed by atoms with E-state index in [1.807, 2.05) is 0 Å². The first-order chi connectivity index (χ1) is 30.1. The number of rotatable bonds is 14. The Balaban J connectivity index is 1.37. The van der Waals surface area contributed by atoms with Crippen LogP contribution in [0.1, 0.15) is 33.2 Å². The van der Waals surface area contributed by atoms with Gasteiger partial charge in [0.05, 0.1) is 44.2 Å². The Morgan fingerprint density at radius 3 is 2.03 bits per heavy atom. The summed E-state index contributed by atoms with van der Waals surface area (Å²) in [5, 5.41) is 88.3. The van der Waals surface area contributed by atoms with Crippen LogP contribution >= 0.6 is 12.0 Å². The summed E-state index contributed by atoms with van der Waals surface area (Å²) in [5.74, 6) is -5.77. The molecule has 5 aromatic carbocycles. The van der Waals surface area contributed by atoms with Gasteiger partial charge in [0.15, 0.2) is 11.5 Å². The molecule has 1 heterocycles.